The highest BCUT2D eigenvalue weighted by atomic mass is 16.4. The van der Waals surface area contributed by atoms with Crippen LogP contribution < -0.4 is 10.2 Å². The number of carbonyl (C=O) groups excluding carboxylic acids is 1. The molecule has 2 aromatic carbocycles. The normalized spacial score (nSPS) is 15.6. The number of hydrogen-bond donors (Lipinski definition) is 2. The molecule has 0 bridgehead atoms. The maximum atomic E-state index is 13.0. The molecule has 160 valence electrons. The molecule has 0 unspecified atom stereocenters. The number of amides is 1. The lowest BCUT2D eigenvalue weighted by atomic mass is 10.0. The molecule has 3 rings (SSSR count). The zero-order chi connectivity index (χ0) is 21.7. The van der Waals surface area contributed by atoms with E-state index in [9.17, 15) is 9.59 Å². The molecule has 1 aliphatic rings. The summed E-state index contributed by atoms with van der Waals surface area (Å²) in [5.74, 6) is -0.899. The van der Waals surface area contributed by atoms with Crippen LogP contribution in [-0.4, -0.2) is 55.1 Å². The van der Waals surface area contributed by atoms with E-state index in [1.54, 1.807) is 0 Å². The third-order valence-electron chi connectivity index (χ3n) is 5.76. The van der Waals surface area contributed by atoms with Gasteiger partial charge in [0.15, 0.2) is 0 Å². The van der Waals surface area contributed by atoms with Gasteiger partial charge in [0.05, 0.1) is 6.04 Å². The molecule has 30 heavy (non-hydrogen) atoms. The van der Waals surface area contributed by atoms with Crippen LogP contribution in [-0.2, 0) is 11.2 Å². The fourth-order valence-corrected chi connectivity index (χ4v) is 3.74. The van der Waals surface area contributed by atoms with Crippen molar-refractivity contribution in [2.75, 3.05) is 38.1 Å². The van der Waals surface area contributed by atoms with Crippen molar-refractivity contribution in [2.24, 2.45) is 0 Å². The summed E-state index contributed by atoms with van der Waals surface area (Å²) in [7, 11) is 2.13. The SMILES string of the molecule is Cc1ccc(N2CCN(C)CC2)cc1C(=O)N[C@H](C)c1cccc(CCC(=O)O)c1. The van der Waals surface area contributed by atoms with Gasteiger partial charge in [-0.25, -0.2) is 0 Å². The number of benzene rings is 2. The molecular formula is C24H31N3O3. The average molecular weight is 410 g/mol. The molecule has 6 nitrogen and oxygen atoms in total. The first-order valence-electron chi connectivity index (χ1n) is 10.5. The molecule has 1 heterocycles. The van der Waals surface area contributed by atoms with Gasteiger partial charge in [0.2, 0.25) is 0 Å². The molecule has 1 amide bonds. The van der Waals surface area contributed by atoms with Crippen molar-refractivity contribution in [3.8, 4) is 0 Å². The van der Waals surface area contributed by atoms with E-state index < -0.39 is 5.97 Å². The van der Waals surface area contributed by atoms with Gasteiger partial charge in [0.1, 0.15) is 0 Å². The quantitative estimate of drug-likeness (QED) is 0.734. The number of hydrogen-bond acceptors (Lipinski definition) is 4. The number of carbonyl (C=O) groups is 2. The molecule has 0 aromatic heterocycles. The number of rotatable bonds is 7. The van der Waals surface area contributed by atoms with Crippen LogP contribution >= 0.6 is 0 Å². The van der Waals surface area contributed by atoms with Gasteiger partial charge < -0.3 is 20.2 Å². The molecule has 0 radical (unpaired) electrons. The Labute approximate surface area is 178 Å². The Kier molecular flexibility index (Phi) is 7.11. The van der Waals surface area contributed by atoms with Crippen LogP contribution in [0.4, 0.5) is 5.69 Å². The van der Waals surface area contributed by atoms with Crippen LogP contribution in [0.5, 0.6) is 0 Å². The number of carboxylic acids is 1. The van der Waals surface area contributed by atoms with Gasteiger partial charge in [-0.15, -0.1) is 0 Å². The highest BCUT2D eigenvalue weighted by Gasteiger charge is 2.18. The minimum Gasteiger partial charge on any atom is -0.481 e. The molecular weight excluding hydrogens is 378 g/mol. The van der Waals surface area contributed by atoms with E-state index in [0.29, 0.717) is 12.0 Å². The number of likely N-dealkylation sites (N-methyl/N-ethyl adjacent to an activating group) is 1. The van der Waals surface area contributed by atoms with Crippen molar-refractivity contribution >= 4 is 17.6 Å². The summed E-state index contributed by atoms with van der Waals surface area (Å²) in [4.78, 5) is 28.5. The summed E-state index contributed by atoms with van der Waals surface area (Å²) in [5, 5.41) is 12.0. The number of carboxylic acid groups (broad SMARTS) is 1. The summed E-state index contributed by atoms with van der Waals surface area (Å²) >= 11 is 0. The van der Waals surface area contributed by atoms with Crippen molar-refractivity contribution in [3.63, 3.8) is 0 Å². The van der Waals surface area contributed by atoms with E-state index in [-0.39, 0.29) is 18.4 Å². The van der Waals surface area contributed by atoms with Gasteiger partial charge in [-0.05, 0) is 56.1 Å². The van der Waals surface area contributed by atoms with Crippen molar-refractivity contribution in [2.45, 2.75) is 32.7 Å². The number of aliphatic carboxylic acids is 1. The third-order valence-corrected chi connectivity index (χ3v) is 5.76. The second kappa shape index (κ2) is 9.76. The summed E-state index contributed by atoms with van der Waals surface area (Å²) < 4.78 is 0. The Balaban J connectivity index is 1.70. The standard InChI is InChI=1S/C24H31N3O3/c1-17-7-9-21(27-13-11-26(3)12-14-27)16-22(17)24(30)25-18(2)20-6-4-5-19(15-20)8-10-23(28)29/h4-7,9,15-16,18H,8,10-14H2,1-3H3,(H,25,30)(H,28,29)/t18-/m1/s1. The molecule has 0 saturated carbocycles. The molecule has 0 aliphatic carbocycles. The predicted octanol–water partition coefficient (Wildman–Crippen LogP) is 3.26. The highest BCUT2D eigenvalue weighted by molar-refractivity contribution is 5.96. The van der Waals surface area contributed by atoms with E-state index in [0.717, 1.165) is 48.6 Å². The third kappa shape index (κ3) is 5.60. The number of anilines is 1. The first kappa shape index (κ1) is 21.8. The van der Waals surface area contributed by atoms with Crippen LogP contribution in [0.3, 0.4) is 0 Å². The van der Waals surface area contributed by atoms with Gasteiger partial charge in [-0.1, -0.05) is 30.3 Å². The first-order chi connectivity index (χ1) is 14.3. The number of piperazine rings is 1. The van der Waals surface area contributed by atoms with Crippen LogP contribution in [0.15, 0.2) is 42.5 Å². The van der Waals surface area contributed by atoms with E-state index in [4.69, 9.17) is 5.11 Å². The molecule has 2 aromatic rings. The first-order valence-corrected chi connectivity index (χ1v) is 10.5. The minimum atomic E-state index is -0.808. The fraction of sp³-hybridized carbons (Fsp3) is 0.417. The Morgan fingerprint density at radius 2 is 1.83 bits per heavy atom. The second-order valence-corrected chi connectivity index (χ2v) is 8.12. The van der Waals surface area contributed by atoms with Crippen molar-refractivity contribution < 1.29 is 14.7 Å². The summed E-state index contributed by atoms with van der Waals surface area (Å²) in [6.07, 6.45) is 0.582. The van der Waals surface area contributed by atoms with Crippen LogP contribution in [0.2, 0.25) is 0 Å². The topological polar surface area (TPSA) is 72.9 Å². The van der Waals surface area contributed by atoms with E-state index in [2.05, 4.69) is 28.2 Å². The van der Waals surface area contributed by atoms with Gasteiger partial charge in [-0.3, -0.25) is 9.59 Å². The molecule has 0 spiro atoms. The lowest BCUT2D eigenvalue weighted by molar-refractivity contribution is -0.136. The molecule has 1 aliphatic heterocycles. The molecule has 1 fully saturated rings. The zero-order valence-electron chi connectivity index (χ0n) is 18.0. The van der Waals surface area contributed by atoms with E-state index >= 15 is 0 Å². The lowest BCUT2D eigenvalue weighted by Crippen LogP contribution is -2.44. The predicted molar refractivity (Wildman–Crippen MR) is 119 cm³/mol. The minimum absolute atomic E-state index is 0.0908. The number of aryl methyl sites for hydroxylation is 2. The van der Waals surface area contributed by atoms with Crippen molar-refractivity contribution in [1.82, 2.24) is 10.2 Å². The molecule has 1 atom stereocenters. The summed E-state index contributed by atoms with van der Waals surface area (Å²) in [6, 6.07) is 13.7. The van der Waals surface area contributed by atoms with Gasteiger partial charge in [0.25, 0.3) is 5.91 Å². The number of nitrogens with zero attached hydrogens (tertiary/aromatic N) is 2. The zero-order valence-corrected chi connectivity index (χ0v) is 18.0. The van der Waals surface area contributed by atoms with Gasteiger partial charge in [0, 0.05) is 43.9 Å². The Hall–Kier alpha value is -2.86. The summed E-state index contributed by atoms with van der Waals surface area (Å²) in [6.45, 7) is 7.86. The Bertz CT molecular complexity index is 904. The van der Waals surface area contributed by atoms with E-state index in [1.165, 1.54) is 0 Å². The smallest absolute Gasteiger partial charge is 0.303 e. The second-order valence-electron chi connectivity index (χ2n) is 8.12. The maximum absolute atomic E-state index is 13.0. The van der Waals surface area contributed by atoms with E-state index in [1.807, 2.05) is 50.2 Å². The molecule has 6 heteroatoms. The number of nitrogens with one attached hydrogen (secondary N) is 1. The van der Waals surface area contributed by atoms with Gasteiger partial charge >= 0.3 is 5.97 Å². The largest absolute Gasteiger partial charge is 0.481 e. The van der Waals surface area contributed by atoms with Crippen LogP contribution in [0, 0.1) is 6.92 Å². The molecule has 2 N–H and O–H groups in total. The highest BCUT2D eigenvalue weighted by Crippen LogP contribution is 2.22. The summed E-state index contributed by atoms with van der Waals surface area (Å²) in [5.41, 5.74) is 4.67. The Morgan fingerprint density at radius 3 is 2.53 bits per heavy atom. The van der Waals surface area contributed by atoms with Crippen molar-refractivity contribution in [1.29, 1.82) is 0 Å². The van der Waals surface area contributed by atoms with Crippen molar-refractivity contribution in [3.05, 3.63) is 64.7 Å². The lowest BCUT2D eigenvalue weighted by Gasteiger charge is -2.34. The van der Waals surface area contributed by atoms with Crippen LogP contribution in [0.25, 0.3) is 0 Å². The average Bonchev–Trinajstić information content (AvgIpc) is 2.73. The van der Waals surface area contributed by atoms with Gasteiger partial charge in [-0.2, -0.15) is 0 Å². The maximum Gasteiger partial charge on any atom is 0.303 e. The fourth-order valence-electron chi connectivity index (χ4n) is 3.74. The Morgan fingerprint density at radius 1 is 1.10 bits per heavy atom. The van der Waals surface area contributed by atoms with Crippen LogP contribution in [0.1, 0.15) is 46.4 Å². The molecule has 1 saturated heterocycles. The monoisotopic (exact) mass is 409 g/mol.